The molecule has 0 bridgehead atoms. The van der Waals surface area contributed by atoms with Crippen LogP contribution in [-0.2, 0) is 16.0 Å². The number of rotatable bonds is 3. The van der Waals surface area contributed by atoms with Crippen LogP contribution in [-0.4, -0.2) is 31.2 Å². The van der Waals surface area contributed by atoms with Crippen molar-refractivity contribution in [3.05, 3.63) is 29.3 Å². The van der Waals surface area contributed by atoms with Crippen LogP contribution in [0.1, 0.15) is 23.6 Å². The molecule has 0 fully saturated rings. The summed E-state index contributed by atoms with van der Waals surface area (Å²) in [6, 6.07) is 5.55. The smallest absolute Gasteiger partial charge is 0.224 e. The minimum absolute atomic E-state index is 0.0600. The molecule has 0 radical (unpaired) electrons. The molecule has 0 aliphatic carbocycles. The Labute approximate surface area is 101 Å². The number of hydrogen-bond donors (Lipinski definition) is 1. The van der Waals surface area contributed by atoms with Crippen molar-refractivity contribution in [1.82, 2.24) is 4.90 Å². The van der Waals surface area contributed by atoms with Crippen LogP contribution in [0.25, 0.3) is 0 Å². The second-order valence-electron chi connectivity index (χ2n) is 4.51. The number of carbonyl (C=O) groups is 2. The third kappa shape index (κ3) is 2.36. The summed E-state index contributed by atoms with van der Waals surface area (Å²) in [6.45, 7) is 0. The first kappa shape index (κ1) is 11.8. The molecule has 1 N–H and O–H groups in total. The fourth-order valence-electron chi connectivity index (χ4n) is 2.09. The maximum Gasteiger partial charge on any atom is 0.224 e. The van der Waals surface area contributed by atoms with Crippen LogP contribution in [0.3, 0.4) is 0 Å². The van der Waals surface area contributed by atoms with E-state index in [0.29, 0.717) is 6.42 Å². The highest BCUT2D eigenvalue weighted by Gasteiger charge is 2.18. The number of fused-ring (bicyclic) bond motifs is 1. The van der Waals surface area contributed by atoms with Crippen molar-refractivity contribution in [3.8, 4) is 0 Å². The van der Waals surface area contributed by atoms with E-state index in [9.17, 15) is 9.59 Å². The Balaban J connectivity index is 2.33. The van der Waals surface area contributed by atoms with Gasteiger partial charge in [0.05, 0.1) is 6.04 Å². The maximum absolute atomic E-state index is 11.2. The molecule has 4 heteroatoms. The number of anilines is 1. The van der Waals surface area contributed by atoms with E-state index in [2.05, 4.69) is 5.32 Å². The van der Waals surface area contributed by atoms with Crippen LogP contribution in [0.5, 0.6) is 0 Å². The zero-order valence-corrected chi connectivity index (χ0v) is 10.1. The van der Waals surface area contributed by atoms with Crippen molar-refractivity contribution in [2.45, 2.75) is 18.9 Å². The number of aldehydes is 1. The van der Waals surface area contributed by atoms with E-state index >= 15 is 0 Å². The Kier molecular flexibility index (Phi) is 3.24. The summed E-state index contributed by atoms with van der Waals surface area (Å²) < 4.78 is 0. The second-order valence-corrected chi connectivity index (χ2v) is 4.51. The molecule has 1 aromatic carbocycles. The molecule has 1 atom stereocenters. The first-order valence-electron chi connectivity index (χ1n) is 5.66. The molecule has 0 saturated carbocycles. The van der Waals surface area contributed by atoms with E-state index in [-0.39, 0.29) is 11.9 Å². The average Bonchev–Trinajstić information content (AvgIpc) is 2.29. The van der Waals surface area contributed by atoms with Gasteiger partial charge in [0.25, 0.3) is 0 Å². The number of hydrogen-bond acceptors (Lipinski definition) is 3. The molecule has 0 saturated heterocycles. The van der Waals surface area contributed by atoms with Crippen molar-refractivity contribution >= 4 is 17.9 Å². The normalized spacial score (nSPS) is 16.3. The van der Waals surface area contributed by atoms with Crippen molar-refractivity contribution in [1.29, 1.82) is 0 Å². The molecule has 2 rings (SSSR count). The first-order valence-corrected chi connectivity index (χ1v) is 5.66. The lowest BCUT2D eigenvalue weighted by Gasteiger charge is -2.22. The van der Waals surface area contributed by atoms with Crippen molar-refractivity contribution in [2.75, 3.05) is 19.4 Å². The van der Waals surface area contributed by atoms with Gasteiger partial charge in [-0.15, -0.1) is 0 Å². The fraction of sp³-hybridized carbons (Fsp3) is 0.385. The van der Waals surface area contributed by atoms with Gasteiger partial charge in [-0.25, -0.2) is 0 Å². The fourth-order valence-corrected chi connectivity index (χ4v) is 2.09. The summed E-state index contributed by atoms with van der Waals surface area (Å²) in [4.78, 5) is 24.2. The van der Waals surface area contributed by atoms with Crippen LogP contribution < -0.4 is 5.32 Å². The molecule has 1 heterocycles. The summed E-state index contributed by atoms with van der Waals surface area (Å²) in [5.74, 6) is 0.0600. The highest BCUT2D eigenvalue weighted by molar-refractivity contribution is 5.94. The number of likely N-dealkylation sites (N-methyl/N-ethyl adjacent to an activating group) is 1. The number of benzene rings is 1. The number of nitrogens with one attached hydrogen (secondary N) is 1. The van der Waals surface area contributed by atoms with Gasteiger partial charge in [0.15, 0.2) is 0 Å². The van der Waals surface area contributed by atoms with Gasteiger partial charge in [-0.05, 0) is 37.7 Å². The van der Waals surface area contributed by atoms with Gasteiger partial charge < -0.3 is 10.1 Å². The zero-order chi connectivity index (χ0) is 12.4. The van der Waals surface area contributed by atoms with E-state index in [1.165, 1.54) is 0 Å². The lowest BCUT2D eigenvalue weighted by atomic mass is 9.97. The average molecular weight is 232 g/mol. The first-order chi connectivity index (χ1) is 8.11. The summed E-state index contributed by atoms with van der Waals surface area (Å²) in [5.41, 5.74) is 2.95. The molecule has 1 unspecified atom stereocenters. The molecule has 4 nitrogen and oxygen atoms in total. The molecule has 0 aromatic heterocycles. The van der Waals surface area contributed by atoms with Crippen LogP contribution in [0, 0.1) is 0 Å². The van der Waals surface area contributed by atoms with Gasteiger partial charge in [-0.1, -0.05) is 12.1 Å². The second kappa shape index (κ2) is 4.67. The lowest BCUT2D eigenvalue weighted by molar-refractivity contribution is -0.116. The van der Waals surface area contributed by atoms with Gasteiger partial charge in [-0.3, -0.25) is 9.69 Å². The highest BCUT2D eigenvalue weighted by atomic mass is 16.1. The third-order valence-electron chi connectivity index (χ3n) is 3.05. The Morgan fingerprint density at radius 1 is 1.35 bits per heavy atom. The highest BCUT2D eigenvalue weighted by Crippen LogP contribution is 2.26. The third-order valence-corrected chi connectivity index (χ3v) is 3.05. The number of aryl methyl sites for hydroxylation is 1. The van der Waals surface area contributed by atoms with Crippen molar-refractivity contribution in [3.63, 3.8) is 0 Å². The molecule has 1 aliphatic heterocycles. The lowest BCUT2D eigenvalue weighted by Crippen LogP contribution is -2.23. The zero-order valence-electron chi connectivity index (χ0n) is 10.1. The Morgan fingerprint density at radius 2 is 2.12 bits per heavy atom. The molecule has 1 aliphatic rings. The van der Waals surface area contributed by atoms with Gasteiger partial charge in [-0.2, -0.15) is 0 Å². The topological polar surface area (TPSA) is 49.4 Å². The van der Waals surface area contributed by atoms with E-state index in [1.807, 2.05) is 37.2 Å². The summed E-state index contributed by atoms with van der Waals surface area (Å²) >= 11 is 0. The van der Waals surface area contributed by atoms with Gasteiger partial charge >= 0.3 is 0 Å². The SMILES string of the molecule is CN(C)C(C=O)c1ccc2c(c1)CCC(=O)N2. The van der Waals surface area contributed by atoms with Crippen molar-refractivity contribution in [2.24, 2.45) is 0 Å². The number of carbonyl (C=O) groups excluding carboxylic acids is 2. The molecule has 90 valence electrons. The predicted molar refractivity (Wildman–Crippen MR) is 65.9 cm³/mol. The van der Waals surface area contributed by atoms with Gasteiger partial charge in [0.1, 0.15) is 6.29 Å². The van der Waals surface area contributed by atoms with Crippen LogP contribution in [0.15, 0.2) is 18.2 Å². The van der Waals surface area contributed by atoms with E-state index < -0.39 is 0 Å². The monoisotopic (exact) mass is 232 g/mol. The van der Waals surface area contributed by atoms with Crippen LogP contribution in [0.2, 0.25) is 0 Å². The molecule has 1 amide bonds. The van der Waals surface area contributed by atoms with E-state index in [0.717, 1.165) is 29.5 Å². The van der Waals surface area contributed by atoms with Crippen molar-refractivity contribution < 1.29 is 9.59 Å². The number of amides is 1. The minimum Gasteiger partial charge on any atom is -0.326 e. The molecule has 0 spiro atoms. The Morgan fingerprint density at radius 3 is 2.76 bits per heavy atom. The molecule has 1 aromatic rings. The summed E-state index contributed by atoms with van der Waals surface area (Å²) in [7, 11) is 3.75. The maximum atomic E-state index is 11.2. The molecule has 17 heavy (non-hydrogen) atoms. The molecular formula is C13H16N2O2. The standard InChI is InChI=1S/C13H16N2O2/c1-15(2)12(8-16)10-3-5-11-9(7-10)4-6-13(17)14-11/h3,5,7-8,12H,4,6H2,1-2H3,(H,14,17). The summed E-state index contributed by atoms with van der Waals surface area (Å²) in [5, 5.41) is 2.83. The van der Waals surface area contributed by atoms with E-state index in [4.69, 9.17) is 0 Å². The minimum atomic E-state index is -0.224. The van der Waals surface area contributed by atoms with Gasteiger partial charge in [0.2, 0.25) is 5.91 Å². The Hall–Kier alpha value is -1.68. The number of nitrogens with zero attached hydrogens (tertiary/aromatic N) is 1. The molecular weight excluding hydrogens is 216 g/mol. The van der Waals surface area contributed by atoms with Gasteiger partial charge in [0, 0.05) is 12.1 Å². The Bertz CT molecular complexity index is 455. The quantitative estimate of drug-likeness (QED) is 0.801. The largest absolute Gasteiger partial charge is 0.326 e. The van der Waals surface area contributed by atoms with Crippen LogP contribution in [0.4, 0.5) is 5.69 Å². The predicted octanol–water partition coefficient (Wildman–Crippen LogP) is 1.37. The van der Waals surface area contributed by atoms with E-state index in [1.54, 1.807) is 0 Å². The van der Waals surface area contributed by atoms with Crippen LogP contribution >= 0.6 is 0 Å². The summed E-state index contributed by atoms with van der Waals surface area (Å²) in [6.07, 6.45) is 2.20.